The molecule has 1 aromatic carbocycles. The summed E-state index contributed by atoms with van der Waals surface area (Å²) in [7, 11) is 0. The molecule has 1 amide bonds. The molecule has 3 aromatic rings. The Morgan fingerprint density at radius 2 is 1.84 bits per heavy atom. The molecule has 32 heavy (non-hydrogen) atoms. The molecule has 1 atom stereocenters. The zero-order valence-corrected chi connectivity index (χ0v) is 24.7. The molecule has 1 saturated heterocycles. The number of carbonyl (C=O) groups is 1. The van der Waals surface area contributed by atoms with Crippen molar-refractivity contribution in [1.82, 2.24) is 9.97 Å². The summed E-state index contributed by atoms with van der Waals surface area (Å²) in [4.78, 5) is 27.4. The predicted molar refractivity (Wildman–Crippen MR) is 140 cm³/mol. The number of amides is 1. The SMILES string of the molecule is O=C1c2sc(-c3cnc(N4CCCC4)c(Br)c3)nc2CCN1c1c(Br)cc(F)c([AsH2])c1Br. The van der Waals surface area contributed by atoms with Gasteiger partial charge in [-0.1, -0.05) is 0 Å². The Morgan fingerprint density at radius 3 is 2.56 bits per heavy atom. The van der Waals surface area contributed by atoms with Gasteiger partial charge in [0.1, 0.15) is 0 Å². The van der Waals surface area contributed by atoms with Crippen LogP contribution in [0.5, 0.6) is 0 Å². The monoisotopic (exact) mass is 704 g/mol. The molecule has 0 N–H and O–H groups in total. The summed E-state index contributed by atoms with van der Waals surface area (Å²) < 4.78 is 16.7. The van der Waals surface area contributed by atoms with Crippen molar-refractivity contribution in [2.75, 3.05) is 29.4 Å². The van der Waals surface area contributed by atoms with Crippen LogP contribution in [0.15, 0.2) is 31.7 Å². The fourth-order valence-corrected chi connectivity index (χ4v) is 7.62. The van der Waals surface area contributed by atoms with Crippen LogP contribution in [0.4, 0.5) is 15.9 Å². The van der Waals surface area contributed by atoms with E-state index in [1.807, 2.05) is 12.3 Å². The molecule has 5 rings (SSSR count). The van der Waals surface area contributed by atoms with Crippen molar-refractivity contribution in [3.63, 3.8) is 0 Å². The second-order valence-electron chi connectivity index (χ2n) is 7.64. The average Bonchev–Trinajstić information content (AvgIpc) is 3.44. The zero-order chi connectivity index (χ0) is 22.6. The van der Waals surface area contributed by atoms with E-state index < -0.39 is 0 Å². The van der Waals surface area contributed by atoms with E-state index in [0.717, 1.165) is 39.6 Å². The maximum absolute atomic E-state index is 14.1. The first-order valence-electron chi connectivity index (χ1n) is 10.0. The summed E-state index contributed by atoms with van der Waals surface area (Å²) in [6, 6.07) is 3.45. The quantitative estimate of drug-likeness (QED) is 0.371. The van der Waals surface area contributed by atoms with Crippen LogP contribution in [0.3, 0.4) is 0 Å². The number of hydrogen-bond donors (Lipinski definition) is 0. The molecule has 0 bridgehead atoms. The first kappa shape index (κ1) is 23.0. The molecule has 0 radical (unpaired) electrons. The van der Waals surface area contributed by atoms with Gasteiger partial charge in [-0.2, -0.15) is 0 Å². The van der Waals surface area contributed by atoms with Gasteiger partial charge in [0.05, 0.1) is 0 Å². The first-order valence-corrected chi connectivity index (χ1v) is 14.4. The Labute approximate surface area is 222 Å². The standard InChI is InChI=1S/C21H17AsBr3FN4OS/c22-15-13(26)8-11(23)17(16(15)25)30-6-3-14-18(21(30)31)32-20(28-14)10-7-12(24)19(27-9-10)29-4-1-2-5-29/h7-9H,1-6,22H2. The van der Waals surface area contributed by atoms with Crippen molar-refractivity contribution in [3.05, 3.63) is 48.1 Å². The van der Waals surface area contributed by atoms with Crippen molar-refractivity contribution in [2.24, 2.45) is 0 Å². The second kappa shape index (κ2) is 9.10. The number of hydrogen-bond acceptors (Lipinski definition) is 5. The molecule has 11 heteroatoms. The molecule has 2 aromatic heterocycles. The van der Waals surface area contributed by atoms with Crippen LogP contribution in [0.25, 0.3) is 10.6 Å². The topological polar surface area (TPSA) is 49.3 Å². The number of rotatable bonds is 3. The molecule has 1 fully saturated rings. The fraction of sp³-hybridized carbons (Fsp3) is 0.286. The van der Waals surface area contributed by atoms with Gasteiger partial charge in [0.25, 0.3) is 0 Å². The van der Waals surface area contributed by atoms with Crippen LogP contribution in [-0.2, 0) is 6.42 Å². The van der Waals surface area contributed by atoms with Gasteiger partial charge in [0.15, 0.2) is 0 Å². The molecule has 0 aliphatic carbocycles. The van der Waals surface area contributed by atoms with E-state index in [9.17, 15) is 9.18 Å². The van der Waals surface area contributed by atoms with Crippen LogP contribution in [0.2, 0.25) is 0 Å². The van der Waals surface area contributed by atoms with Crippen LogP contribution < -0.4 is 14.2 Å². The van der Waals surface area contributed by atoms with Crippen LogP contribution in [0.1, 0.15) is 28.2 Å². The van der Waals surface area contributed by atoms with E-state index in [-0.39, 0.29) is 11.7 Å². The van der Waals surface area contributed by atoms with Crippen LogP contribution in [-0.4, -0.2) is 52.4 Å². The van der Waals surface area contributed by atoms with Crippen molar-refractivity contribution in [2.45, 2.75) is 19.3 Å². The molecule has 0 saturated carbocycles. The maximum atomic E-state index is 14.1. The predicted octanol–water partition coefficient (Wildman–Crippen LogP) is 4.69. The zero-order valence-electron chi connectivity index (χ0n) is 16.7. The number of carbonyl (C=O) groups excluding carboxylic acids is 1. The van der Waals surface area contributed by atoms with Crippen LogP contribution >= 0.6 is 59.1 Å². The van der Waals surface area contributed by atoms with Gasteiger partial charge in [-0.25, -0.2) is 0 Å². The summed E-state index contributed by atoms with van der Waals surface area (Å²) in [6.45, 7) is 2.53. The minimum absolute atomic E-state index is 0.115. The minimum atomic E-state index is -0.298. The third-order valence-corrected chi connectivity index (χ3v) is 10.8. The number of anilines is 2. The first-order chi connectivity index (χ1) is 15.3. The van der Waals surface area contributed by atoms with E-state index in [0.29, 0.717) is 36.8 Å². The van der Waals surface area contributed by atoms with Crippen molar-refractivity contribution in [3.8, 4) is 10.6 Å². The second-order valence-corrected chi connectivity index (χ2v) is 12.4. The molecular weight excluding hydrogens is 690 g/mol. The Hall–Kier alpha value is -0.802. The van der Waals surface area contributed by atoms with Gasteiger partial charge < -0.3 is 4.90 Å². The molecule has 166 valence electrons. The third-order valence-electron chi connectivity index (χ3n) is 5.63. The molecule has 4 heterocycles. The summed E-state index contributed by atoms with van der Waals surface area (Å²) in [6.07, 6.45) is 4.85. The normalized spacial score (nSPS) is 16.1. The molecule has 1 unspecified atom stereocenters. The van der Waals surface area contributed by atoms with Crippen LogP contribution in [0, 0.1) is 5.82 Å². The van der Waals surface area contributed by atoms with Gasteiger partial charge in [-0.15, -0.1) is 0 Å². The number of thiazole rings is 1. The third kappa shape index (κ3) is 4.00. The van der Waals surface area contributed by atoms with Crippen molar-refractivity contribution >= 4 is 97.7 Å². The van der Waals surface area contributed by atoms with Gasteiger partial charge in [-0.3, -0.25) is 0 Å². The number of halogens is 4. The van der Waals surface area contributed by atoms with Crippen molar-refractivity contribution in [1.29, 1.82) is 0 Å². The summed E-state index contributed by atoms with van der Waals surface area (Å²) in [5.41, 5.74) is 2.36. The van der Waals surface area contributed by atoms with Gasteiger partial charge >= 0.3 is 193 Å². The summed E-state index contributed by atoms with van der Waals surface area (Å²) in [5.74, 6) is 0.543. The number of pyridine rings is 1. The Morgan fingerprint density at radius 1 is 1.09 bits per heavy atom. The Kier molecular flexibility index (Phi) is 6.53. The van der Waals surface area contributed by atoms with E-state index in [1.165, 1.54) is 47.1 Å². The number of fused-ring (bicyclic) bond motifs is 1. The van der Waals surface area contributed by atoms with Crippen molar-refractivity contribution < 1.29 is 9.18 Å². The number of nitrogens with zero attached hydrogens (tertiary/aromatic N) is 4. The molecule has 2 aliphatic heterocycles. The van der Waals surface area contributed by atoms with E-state index >= 15 is 0 Å². The fourth-order valence-electron chi connectivity index (χ4n) is 4.02. The average molecular weight is 707 g/mol. The van der Waals surface area contributed by atoms with E-state index in [1.54, 1.807) is 4.90 Å². The Balaban J connectivity index is 1.47. The van der Waals surface area contributed by atoms with Gasteiger partial charge in [0.2, 0.25) is 0 Å². The van der Waals surface area contributed by atoms with E-state index in [4.69, 9.17) is 4.98 Å². The van der Waals surface area contributed by atoms with Gasteiger partial charge in [-0.05, 0) is 12.8 Å². The Bertz CT molecular complexity index is 1250. The number of benzene rings is 1. The number of aromatic nitrogens is 2. The molecular formula is C21H17AsBr3FN4OS. The molecule has 0 spiro atoms. The molecule has 5 nitrogen and oxygen atoms in total. The summed E-state index contributed by atoms with van der Waals surface area (Å²) >= 11 is 13.1. The van der Waals surface area contributed by atoms with E-state index in [2.05, 4.69) is 57.7 Å². The summed E-state index contributed by atoms with van der Waals surface area (Å²) in [5, 5.41) is 0.781. The molecule has 2 aliphatic rings. The van der Waals surface area contributed by atoms with Gasteiger partial charge in [0, 0.05) is 13.1 Å².